The van der Waals surface area contributed by atoms with Gasteiger partial charge in [-0.1, -0.05) is 22.9 Å². The minimum Gasteiger partial charge on any atom is -0.497 e. The average Bonchev–Trinajstić information content (AvgIpc) is 3.17. The summed E-state index contributed by atoms with van der Waals surface area (Å²) in [6.07, 6.45) is 3.28. The fourth-order valence-electron chi connectivity index (χ4n) is 2.57. The minimum atomic E-state index is -0.424. The molecule has 0 aliphatic carbocycles. The van der Waals surface area contributed by atoms with E-state index in [1.54, 1.807) is 43.8 Å². The Hall–Kier alpha value is -3.16. The second-order valence-corrected chi connectivity index (χ2v) is 7.27. The Morgan fingerprint density at radius 2 is 2.04 bits per heavy atom. The zero-order valence-corrected chi connectivity index (χ0v) is 16.3. The first-order valence-electron chi connectivity index (χ1n) is 8.25. The number of nitrogens with zero attached hydrogens (tertiary/aromatic N) is 2. The number of hydrogen-bond donors (Lipinski definition) is 1. The van der Waals surface area contributed by atoms with Crippen LogP contribution in [0.4, 0.5) is 5.13 Å². The number of hydrogen-bond acceptors (Lipinski definition) is 7. The van der Waals surface area contributed by atoms with Gasteiger partial charge in [-0.05, 0) is 54.1 Å². The maximum atomic E-state index is 12.3. The maximum absolute atomic E-state index is 12.3. The van der Waals surface area contributed by atoms with Gasteiger partial charge in [-0.15, -0.1) is 0 Å². The van der Waals surface area contributed by atoms with E-state index in [0.717, 1.165) is 16.7 Å². The molecule has 1 N–H and O–H groups in total. The van der Waals surface area contributed by atoms with Crippen LogP contribution in [0.1, 0.15) is 5.56 Å². The van der Waals surface area contributed by atoms with Gasteiger partial charge in [-0.3, -0.25) is 5.43 Å². The van der Waals surface area contributed by atoms with E-state index < -0.39 is 5.63 Å². The number of nitrogens with one attached hydrogen (secondary N) is 1. The summed E-state index contributed by atoms with van der Waals surface area (Å²) in [6.45, 7) is 0. The largest absolute Gasteiger partial charge is 0.497 e. The van der Waals surface area contributed by atoms with Gasteiger partial charge in [0.1, 0.15) is 11.3 Å². The van der Waals surface area contributed by atoms with Gasteiger partial charge in [0.05, 0.1) is 23.8 Å². The Morgan fingerprint density at radius 3 is 2.82 bits per heavy atom. The normalized spacial score (nSPS) is 11.2. The zero-order valence-electron chi connectivity index (χ0n) is 14.7. The van der Waals surface area contributed by atoms with Crippen molar-refractivity contribution in [1.29, 1.82) is 0 Å². The Morgan fingerprint density at radius 1 is 1.21 bits per heavy atom. The predicted molar refractivity (Wildman–Crippen MR) is 113 cm³/mol. The molecule has 2 aromatic carbocycles. The standard InChI is InChI=1S/C20H14ClN3O3S/c1-26-15-5-2-12(3-6-15)10-23-24-20-22-11-18(28-20)16-9-13-8-14(21)4-7-17(13)27-19(16)25/h2-11H,1H3,(H,22,24). The van der Waals surface area contributed by atoms with Crippen molar-refractivity contribution in [3.8, 4) is 16.2 Å². The fraction of sp³-hybridized carbons (Fsp3) is 0.0500. The highest BCUT2D eigenvalue weighted by Crippen LogP contribution is 2.29. The van der Waals surface area contributed by atoms with Crippen LogP contribution in [0.15, 0.2) is 69.0 Å². The summed E-state index contributed by atoms with van der Waals surface area (Å²) < 4.78 is 10.5. The van der Waals surface area contributed by atoms with Crippen molar-refractivity contribution < 1.29 is 9.15 Å². The number of halogens is 1. The number of hydrazone groups is 1. The second-order valence-electron chi connectivity index (χ2n) is 5.80. The zero-order chi connectivity index (χ0) is 19.5. The SMILES string of the molecule is COc1ccc(C=NNc2ncc(-c3cc4cc(Cl)ccc4oc3=O)s2)cc1. The molecule has 0 bridgehead atoms. The predicted octanol–water partition coefficient (Wildman–Crippen LogP) is 5.02. The fourth-order valence-corrected chi connectivity index (χ4v) is 3.52. The molecule has 0 aliphatic rings. The van der Waals surface area contributed by atoms with Crippen molar-refractivity contribution in [2.45, 2.75) is 0 Å². The summed E-state index contributed by atoms with van der Waals surface area (Å²) in [5.41, 5.74) is 4.28. The molecule has 0 spiro atoms. The van der Waals surface area contributed by atoms with Gasteiger partial charge in [0.25, 0.3) is 0 Å². The number of fused-ring (bicyclic) bond motifs is 1. The highest BCUT2D eigenvalue weighted by Gasteiger charge is 2.11. The molecule has 0 fully saturated rings. The first-order valence-corrected chi connectivity index (χ1v) is 9.44. The lowest BCUT2D eigenvalue weighted by Gasteiger charge is -2.00. The highest BCUT2D eigenvalue weighted by atomic mass is 35.5. The number of thiazole rings is 1. The molecule has 0 unspecified atom stereocenters. The van der Waals surface area contributed by atoms with Gasteiger partial charge < -0.3 is 9.15 Å². The van der Waals surface area contributed by atoms with Crippen molar-refractivity contribution in [2.75, 3.05) is 12.5 Å². The van der Waals surface area contributed by atoms with Crippen LogP contribution < -0.4 is 15.8 Å². The molecular formula is C20H14ClN3O3S. The van der Waals surface area contributed by atoms with Gasteiger partial charge in [0, 0.05) is 16.6 Å². The number of anilines is 1. The summed E-state index contributed by atoms with van der Waals surface area (Å²) in [4.78, 5) is 17.2. The van der Waals surface area contributed by atoms with Gasteiger partial charge in [-0.2, -0.15) is 5.10 Å². The molecule has 0 saturated carbocycles. The molecule has 4 aromatic rings. The molecule has 0 amide bonds. The third kappa shape index (κ3) is 3.90. The Balaban J connectivity index is 1.54. The van der Waals surface area contributed by atoms with Gasteiger partial charge in [0.15, 0.2) is 0 Å². The molecule has 2 heterocycles. The van der Waals surface area contributed by atoms with Crippen LogP contribution in [0.2, 0.25) is 5.02 Å². The number of ether oxygens (including phenoxy) is 1. The van der Waals surface area contributed by atoms with Crippen molar-refractivity contribution in [3.05, 3.63) is 75.7 Å². The molecule has 140 valence electrons. The van der Waals surface area contributed by atoms with Crippen molar-refractivity contribution in [2.24, 2.45) is 5.10 Å². The van der Waals surface area contributed by atoms with Crippen LogP contribution in [-0.4, -0.2) is 18.3 Å². The quantitative estimate of drug-likeness (QED) is 0.283. The molecule has 4 rings (SSSR count). The molecule has 28 heavy (non-hydrogen) atoms. The van der Waals surface area contributed by atoms with Crippen LogP contribution in [0.25, 0.3) is 21.4 Å². The first-order chi connectivity index (χ1) is 13.6. The summed E-state index contributed by atoms with van der Waals surface area (Å²) in [5.74, 6) is 0.783. The van der Waals surface area contributed by atoms with E-state index in [-0.39, 0.29) is 0 Å². The lowest BCUT2D eigenvalue weighted by molar-refractivity contribution is 0.415. The van der Waals surface area contributed by atoms with Crippen LogP contribution in [0.5, 0.6) is 5.75 Å². The van der Waals surface area contributed by atoms with Crippen LogP contribution >= 0.6 is 22.9 Å². The molecule has 6 nitrogen and oxygen atoms in total. The smallest absolute Gasteiger partial charge is 0.345 e. The number of methoxy groups -OCH3 is 1. The third-order valence-corrected chi connectivity index (χ3v) is 5.13. The van der Waals surface area contributed by atoms with E-state index in [4.69, 9.17) is 20.8 Å². The van der Waals surface area contributed by atoms with E-state index in [0.29, 0.717) is 26.2 Å². The van der Waals surface area contributed by atoms with Gasteiger partial charge in [0.2, 0.25) is 5.13 Å². The number of rotatable bonds is 5. The van der Waals surface area contributed by atoms with Crippen LogP contribution in [0.3, 0.4) is 0 Å². The van der Waals surface area contributed by atoms with E-state index in [2.05, 4.69) is 15.5 Å². The average molecular weight is 412 g/mol. The van der Waals surface area contributed by atoms with E-state index in [1.165, 1.54) is 11.3 Å². The Kier molecular flexibility index (Phi) is 5.10. The monoisotopic (exact) mass is 411 g/mol. The molecule has 0 saturated heterocycles. The van der Waals surface area contributed by atoms with Crippen LogP contribution in [0, 0.1) is 0 Å². The summed E-state index contributed by atoms with van der Waals surface area (Å²) in [6, 6.07) is 14.4. The van der Waals surface area contributed by atoms with Crippen LogP contribution in [-0.2, 0) is 0 Å². The topological polar surface area (TPSA) is 76.7 Å². The van der Waals surface area contributed by atoms with E-state index in [1.807, 2.05) is 24.3 Å². The van der Waals surface area contributed by atoms with Gasteiger partial charge >= 0.3 is 5.63 Å². The molecule has 0 atom stereocenters. The molecular weight excluding hydrogens is 398 g/mol. The number of aromatic nitrogens is 1. The van der Waals surface area contributed by atoms with Crippen molar-refractivity contribution >= 4 is 45.3 Å². The van der Waals surface area contributed by atoms with Gasteiger partial charge in [-0.25, -0.2) is 9.78 Å². The maximum Gasteiger partial charge on any atom is 0.345 e. The van der Waals surface area contributed by atoms with Crippen molar-refractivity contribution in [1.82, 2.24) is 4.98 Å². The molecule has 0 radical (unpaired) electrons. The van der Waals surface area contributed by atoms with E-state index >= 15 is 0 Å². The van der Waals surface area contributed by atoms with E-state index in [9.17, 15) is 4.79 Å². The summed E-state index contributed by atoms with van der Waals surface area (Å²) in [7, 11) is 1.62. The minimum absolute atomic E-state index is 0.424. The highest BCUT2D eigenvalue weighted by molar-refractivity contribution is 7.18. The first kappa shape index (κ1) is 18.2. The Bertz CT molecular complexity index is 1220. The summed E-state index contributed by atoms with van der Waals surface area (Å²) in [5, 5.41) is 6.06. The molecule has 2 aromatic heterocycles. The number of benzene rings is 2. The lowest BCUT2D eigenvalue weighted by Crippen LogP contribution is -2.01. The summed E-state index contributed by atoms with van der Waals surface area (Å²) >= 11 is 7.33. The molecule has 8 heteroatoms. The van der Waals surface area contributed by atoms with Crippen molar-refractivity contribution in [3.63, 3.8) is 0 Å². The second kappa shape index (κ2) is 7.84. The molecule has 0 aliphatic heterocycles. The third-order valence-electron chi connectivity index (χ3n) is 3.96. The lowest BCUT2D eigenvalue weighted by atomic mass is 10.2. The Labute approximate surface area is 169 Å².